The molecule has 0 heterocycles. The van der Waals surface area contributed by atoms with Crippen molar-refractivity contribution < 1.29 is 49.4 Å². The van der Waals surface area contributed by atoms with Crippen molar-refractivity contribution in [3.63, 3.8) is 0 Å². The molecule has 0 bridgehead atoms. The number of carbonyl (C=O) groups excluding carboxylic acids is 3. The zero-order chi connectivity index (χ0) is 24.6. The van der Waals surface area contributed by atoms with Gasteiger partial charge in [-0.3, -0.25) is 14.4 Å². The molecule has 1 rings (SSSR count). The van der Waals surface area contributed by atoms with Gasteiger partial charge in [0.2, 0.25) is 0 Å². The summed E-state index contributed by atoms with van der Waals surface area (Å²) in [7, 11) is 0. The van der Waals surface area contributed by atoms with Crippen molar-refractivity contribution in [2.45, 2.75) is 77.5 Å². The van der Waals surface area contributed by atoms with Crippen LogP contribution >= 0.6 is 0 Å². The van der Waals surface area contributed by atoms with Crippen molar-refractivity contribution in [3.8, 4) is 0 Å². The highest BCUT2D eigenvalue weighted by atomic mass is 16.6. The molecule has 10 nitrogen and oxygen atoms in total. The summed E-state index contributed by atoms with van der Waals surface area (Å²) in [5.41, 5.74) is 1.04. The van der Waals surface area contributed by atoms with Crippen molar-refractivity contribution in [2.75, 3.05) is 13.2 Å². The lowest BCUT2D eigenvalue weighted by atomic mass is 9.71. The number of aliphatic hydroxyl groups excluding tert-OH is 5. The number of ether oxygens (including phenoxy) is 2. The Balaban J connectivity index is 2.53. The van der Waals surface area contributed by atoms with E-state index in [-0.39, 0.29) is 24.0 Å². The highest BCUT2D eigenvalue weighted by molar-refractivity contribution is 6.01. The minimum absolute atomic E-state index is 0.283. The summed E-state index contributed by atoms with van der Waals surface area (Å²) in [5.74, 6) is -1.90. The van der Waals surface area contributed by atoms with Crippen molar-refractivity contribution in [1.82, 2.24) is 0 Å². The van der Waals surface area contributed by atoms with Gasteiger partial charge in [-0.15, -0.1) is 0 Å². The molecule has 0 aromatic rings. The SMILES string of the molecule is CC=CC1=C(C)C(=O)C(OC(=O)CCC(=O)OCC(O)C(O)C(O)C(O)CO)CC1(C)C. The van der Waals surface area contributed by atoms with Crippen LogP contribution in [0.1, 0.15) is 47.0 Å². The van der Waals surface area contributed by atoms with E-state index in [0.717, 1.165) is 5.57 Å². The summed E-state index contributed by atoms with van der Waals surface area (Å²) in [6, 6.07) is 0. The molecule has 0 saturated heterocycles. The molecule has 0 fully saturated rings. The van der Waals surface area contributed by atoms with E-state index in [4.69, 9.17) is 14.6 Å². The quantitative estimate of drug-likeness (QED) is 0.255. The molecule has 5 N–H and O–H groups in total. The number of carbonyl (C=O) groups is 3. The lowest BCUT2D eigenvalue weighted by molar-refractivity contribution is -0.161. The molecule has 1 aliphatic rings. The van der Waals surface area contributed by atoms with Gasteiger partial charge in [0, 0.05) is 6.42 Å². The van der Waals surface area contributed by atoms with Crippen LogP contribution in [0, 0.1) is 5.41 Å². The van der Waals surface area contributed by atoms with Crippen LogP contribution in [0.15, 0.2) is 23.3 Å². The van der Waals surface area contributed by atoms with Crippen LogP contribution in [-0.2, 0) is 23.9 Å². The first-order valence-corrected chi connectivity index (χ1v) is 10.4. The van der Waals surface area contributed by atoms with E-state index in [1.54, 1.807) is 6.92 Å². The van der Waals surface area contributed by atoms with Crippen LogP contribution in [-0.4, -0.2) is 87.0 Å². The average Bonchev–Trinajstić information content (AvgIpc) is 2.75. The van der Waals surface area contributed by atoms with Gasteiger partial charge in [0.15, 0.2) is 11.9 Å². The van der Waals surface area contributed by atoms with E-state index in [9.17, 15) is 34.8 Å². The molecular formula is C22H34O10. The molecular weight excluding hydrogens is 424 g/mol. The first-order valence-electron chi connectivity index (χ1n) is 10.4. The molecule has 0 aliphatic heterocycles. The number of aliphatic hydroxyl groups is 5. The van der Waals surface area contributed by atoms with Crippen molar-refractivity contribution in [2.24, 2.45) is 5.41 Å². The predicted molar refractivity (Wildman–Crippen MR) is 112 cm³/mol. The molecule has 0 radical (unpaired) electrons. The topological polar surface area (TPSA) is 171 Å². The van der Waals surface area contributed by atoms with E-state index in [1.165, 1.54) is 0 Å². The van der Waals surface area contributed by atoms with Crippen molar-refractivity contribution in [1.29, 1.82) is 0 Å². The van der Waals surface area contributed by atoms with Gasteiger partial charge in [0.25, 0.3) is 0 Å². The second kappa shape index (κ2) is 12.2. The van der Waals surface area contributed by atoms with E-state index >= 15 is 0 Å². The molecule has 1 aliphatic carbocycles. The third-order valence-corrected chi connectivity index (χ3v) is 5.37. The molecule has 182 valence electrons. The Hall–Kier alpha value is -2.11. The van der Waals surface area contributed by atoms with Gasteiger partial charge >= 0.3 is 11.9 Å². The fourth-order valence-corrected chi connectivity index (χ4v) is 3.49. The number of allylic oxidation sites excluding steroid dienone is 3. The monoisotopic (exact) mass is 458 g/mol. The standard InChI is InChI=1S/C22H34O10/c1-5-6-13-12(2)19(28)16(9-22(13,3)4)32-18(27)8-7-17(26)31-11-15(25)21(30)20(29)14(24)10-23/h5-6,14-16,20-21,23-25,29-30H,7-11H2,1-4H3. The third kappa shape index (κ3) is 7.49. The second-order valence-corrected chi connectivity index (χ2v) is 8.45. The molecule has 10 heteroatoms. The molecule has 0 spiro atoms. The molecule has 0 aromatic carbocycles. The Morgan fingerprint density at radius 1 is 1.09 bits per heavy atom. The van der Waals surface area contributed by atoms with Crippen molar-refractivity contribution in [3.05, 3.63) is 23.3 Å². The maximum absolute atomic E-state index is 12.6. The van der Waals surface area contributed by atoms with Crippen LogP contribution in [0.4, 0.5) is 0 Å². The van der Waals surface area contributed by atoms with Gasteiger partial charge in [0.1, 0.15) is 31.0 Å². The predicted octanol–water partition coefficient (Wildman–Crippen LogP) is -0.451. The third-order valence-electron chi connectivity index (χ3n) is 5.37. The molecule has 32 heavy (non-hydrogen) atoms. The highest BCUT2D eigenvalue weighted by Crippen LogP contribution is 2.40. The average molecular weight is 459 g/mol. The van der Waals surface area contributed by atoms with E-state index < -0.39 is 55.7 Å². The number of hydrogen-bond donors (Lipinski definition) is 5. The van der Waals surface area contributed by atoms with Gasteiger partial charge in [-0.1, -0.05) is 26.0 Å². The van der Waals surface area contributed by atoms with Crippen LogP contribution in [0.3, 0.4) is 0 Å². The van der Waals surface area contributed by atoms with Gasteiger partial charge in [0.05, 0.1) is 19.4 Å². The summed E-state index contributed by atoms with van der Waals surface area (Å²) in [6.07, 6.45) is -4.75. The summed E-state index contributed by atoms with van der Waals surface area (Å²) in [4.78, 5) is 36.5. The van der Waals surface area contributed by atoms with Gasteiger partial charge in [-0.25, -0.2) is 0 Å². The number of Topliss-reactive ketones (excluding diaryl/α,β-unsaturated/α-hetero) is 1. The molecule has 0 aromatic heterocycles. The maximum atomic E-state index is 12.6. The van der Waals surface area contributed by atoms with E-state index in [2.05, 4.69) is 0 Å². The number of ketones is 1. The minimum Gasteiger partial charge on any atom is -0.463 e. The Labute approximate surface area is 187 Å². The number of rotatable bonds is 11. The van der Waals surface area contributed by atoms with Crippen LogP contribution in [0.5, 0.6) is 0 Å². The molecule has 0 amide bonds. The smallest absolute Gasteiger partial charge is 0.307 e. The lowest BCUT2D eigenvalue weighted by Gasteiger charge is -2.36. The first kappa shape index (κ1) is 27.9. The zero-order valence-corrected chi connectivity index (χ0v) is 18.9. The Bertz CT molecular complexity index is 739. The van der Waals surface area contributed by atoms with Gasteiger partial charge < -0.3 is 35.0 Å². The summed E-state index contributed by atoms with van der Waals surface area (Å²) < 4.78 is 10.0. The Morgan fingerprint density at radius 3 is 2.22 bits per heavy atom. The molecule has 5 unspecified atom stereocenters. The maximum Gasteiger partial charge on any atom is 0.307 e. The van der Waals surface area contributed by atoms with E-state index in [0.29, 0.717) is 12.0 Å². The van der Waals surface area contributed by atoms with Crippen LogP contribution < -0.4 is 0 Å². The summed E-state index contributed by atoms with van der Waals surface area (Å²) in [6.45, 7) is 5.91. The van der Waals surface area contributed by atoms with Gasteiger partial charge in [-0.05, 0) is 30.4 Å². The van der Waals surface area contributed by atoms with Gasteiger partial charge in [-0.2, -0.15) is 0 Å². The Morgan fingerprint density at radius 2 is 1.66 bits per heavy atom. The number of hydrogen-bond acceptors (Lipinski definition) is 10. The summed E-state index contributed by atoms with van der Waals surface area (Å²) >= 11 is 0. The van der Waals surface area contributed by atoms with Crippen LogP contribution in [0.2, 0.25) is 0 Å². The largest absolute Gasteiger partial charge is 0.463 e. The first-order chi connectivity index (χ1) is 14.8. The number of esters is 2. The second-order valence-electron chi connectivity index (χ2n) is 8.45. The summed E-state index contributed by atoms with van der Waals surface area (Å²) in [5, 5.41) is 46.9. The molecule has 0 saturated carbocycles. The lowest BCUT2D eigenvalue weighted by Crippen LogP contribution is -2.47. The minimum atomic E-state index is -1.86. The Kier molecular flexibility index (Phi) is 10.7. The van der Waals surface area contributed by atoms with Crippen LogP contribution in [0.25, 0.3) is 0 Å². The van der Waals surface area contributed by atoms with E-state index in [1.807, 2.05) is 32.9 Å². The normalized spacial score (nSPS) is 22.4. The van der Waals surface area contributed by atoms with Crippen molar-refractivity contribution >= 4 is 17.7 Å². The fraction of sp³-hybridized carbons (Fsp3) is 0.682. The zero-order valence-electron chi connectivity index (χ0n) is 18.9. The molecule has 5 atom stereocenters. The highest BCUT2D eigenvalue weighted by Gasteiger charge is 2.39. The fourth-order valence-electron chi connectivity index (χ4n) is 3.49.